The van der Waals surface area contributed by atoms with E-state index in [2.05, 4.69) is 4.72 Å². The number of rotatable bonds is 4. The monoisotopic (exact) mass is 219 g/mol. The van der Waals surface area contributed by atoms with E-state index in [0.717, 1.165) is 6.42 Å². The van der Waals surface area contributed by atoms with Gasteiger partial charge in [-0.15, -0.1) is 11.3 Å². The summed E-state index contributed by atoms with van der Waals surface area (Å²) in [5.74, 6) is 0. The maximum atomic E-state index is 11.6. The first-order valence-electron chi connectivity index (χ1n) is 4.12. The quantitative estimate of drug-likeness (QED) is 0.839. The van der Waals surface area contributed by atoms with Crippen LogP contribution in [0.25, 0.3) is 0 Å². The predicted molar refractivity (Wildman–Crippen MR) is 54.4 cm³/mol. The van der Waals surface area contributed by atoms with Gasteiger partial charge < -0.3 is 0 Å². The summed E-state index contributed by atoms with van der Waals surface area (Å²) in [5, 5.41) is 1.76. The van der Waals surface area contributed by atoms with Crippen LogP contribution in [0.3, 0.4) is 0 Å². The Morgan fingerprint density at radius 3 is 2.77 bits per heavy atom. The van der Waals surface area contributed by atoms with Gasteiger partial charge in [0.05, 0.1) is 0 Å². The average Bonchev–Trinajstić information content (AvgIpc) is 2.55. The van der Waals surface area contributed by atoms with Crippen molar-refractivity contribution in [3.05, 3.63) is 17.5 Å². The van der Waals surface area contributed by atoms with E-state index in [1.165, 1.54) is 11.3 Å². The summed E-state index contributed by atoms with van der Waals surface area (Å²) < 4.78 is 26.1. The number of thiophene rings is 1. The van der Waals surface area contributed by atoms with Gasteiger partial charge in [-0.05, 0) is 24.8 Å². The summed E-state index contributed by atoms with van der Waals surface area (Å²) >= 11 is 1.23. The van der Waals surface area contributed by atoms with Crippen molar-refractivity contribution in [2.45, 2.75) is 30.5 Å². The predicted octanol–water partition coefficient (Wildman–Crippen LogP) is 1.82. The molecule has 3 nitrogen and oxygen atoms in total. The van der Waals surface area contributed by atoms with E-state index in [1.807, 2.05) is 13.8 Å². The zero-order chi connectivity index (χ0) is 9.90. The average molecular weight is 219 g/mol. The molecule has 0 fully saturated rings. The molecule has 74 valence electrons. The molecule has 0 bridgehead atoms. The Bertz CT molecular complexity index is 342. The van der Waals surface area contributed by atoms with E-state index in [0.29, 0.717) is 4.21 Å². The Labute approximate surface area is 82.8 Å². The minimum absolute atomic E-state index is 0.00731. The second-order valence-electron chi connectivity index (χ2n) is 2.86. The topological polar surface area (TPSA) is 46.2 Å². The summed E-state index contributed by atoms with van der Waals surface area (Å²) in [7, 11) is -3.26. The minimum Gasteiger partial charge on any atom is -0.208 e. The van der Waals surface area contributed by atoms with Crippen LogP contribution in [0.4, 0.5) is 0 Å². The van der Waals surface area contributed by atoms with Crippen LogP contribution < -0.4 is 4.72 Å². The van der Waals surface area contributed by atoms with E-state index in [1.54, 1.807) is 17.5 Å². The van der Waals surface area contributed by atoms with Crippen LogP contribution in [0.15, 0.2) is 21.7 Å². The third-order valence-electron chi connectivity index (χ3n) is 1.73. The Kier molecular flexibility index (Phi) is 3.47. The first kappa shape index (κ1) is 10.7. The van der Waals surface area contributed by atoms with E-state index in [9.17, 15) is 8.42 Å². The number of hydrogen-bond acceptors (Lipinski definition) is 3. The molecule has 0 amide bonds. The van der Waals surface area contributed by atoms with Crippen molar-refractivity contribution in [1.29, 1.82) is 0 Å². The lowest BCUT2D eigenvalue weighted by molar-refractivity contribution is 0.558. The molecule has 1 atom stereocenters. The smallest absolute Gasteiger partial charge is 0.208 e. The molecule has 0 radical (unpaired) electrons. The molecule has 1 aromatic rings. The first-order chi connectivity index (χ1) is 6.06. The van der Waals surface area contributed by atoms with Crippen LogP contribution in [0.1, 0.15) is 20.3 Å². The van der Waals surface area contributed by atoms with Crippen molar-refractivity contribution < 1.29 is 8.42 Å². The Morgan fingerprint density at radius 1 is 1.62 bits per heavy atom. The molecule has 1 N–H and O–H groups in total. The first-order valence-corrected chi connectivity index (χ1v) is 6.48. The molecule has 0 saturated carbocycles. The van der Waals surface area contributed by atoms with E-state index < -0.39 is 10.0 Å². The van der Waals surface area contributed by atoms with Crippen molar-refractivity contribution in [2.24, 2.45) is 0 Å². The molecule has 1 unspecified atom stereocenters. The van der Waals surface area contributed by atoms with Gasteiger partial charge in [0, 0.05) is 6.04 Å². The minimum atomic E-state index is -3.26. The maximum Gasteiger partial charge on any atom is 0.250 e. The van der Waals surface area contributed by atoms with Crippen molar-refractivity contribution in [3.8, 4) is 0 Å². The van der Waals surface area contributed by atoms with Gasteiger partial charge in [-0.3, -0.25) is 0 Å². The molecule has 0 spiro atoms. The van der Waals surface area contributed by atoms with Gasteiger partial charge in [0.25, 0.3) is 0 Å². The highest BCUT2D eigenvalue weighted by Gasteiger charge is 2.16. The summed E-state index contributed by atoms with van der Waals surface area (Å²) in [5.41, 5.74) is 0. The lowest BCUT2D eigenvalue weighted by Gasteiger charge is -2.09. The van der Waals surface area contributed by atoms with Crippen molar-refractivity contribution in [3.63, 3.8) is 0 Å². The standard InChI is InChI=1S/C8H13NO2S2/c1-3-7(2)9-13(10,11)8-5-4-6-12-8/h4-7,9H,3H2,1-2H3. The molecule has 1 rings (SSSR count). The number of hydrogen-bond donors (Lipinski definition) is 1. The van der Waals surface area contributed by atoms with Gasteiger partial charge in [0.15, 0.2) is 0 Å². The molecule has 0 aliphatic rings. The zero-order valence-corrected chi connectivity index (χ0v) is 9.28. The van der Waals surface area contributed by atoms with Gasteiger partial charge >= 0.3 is 0 Å². The molecular formula is C8H13NO2S2. The largest absolute Gasteiger partial charge is 0.250 e. The fraction of sp³-hybridized carbons (Fsp3) is 0.500. The van der Waals surface area contributed by atoms with Crippen LogP contribution >= 0.6 is 11.3 Å². The lowest BCUT2D eigenvalue weighted by atomic mass is 10.3. The molecule has 0 aromatic carbocycles. The Hall–Kier alpha value is -0.390. The Balaban J connectivity index is 2.79. The summed E-state index contributed by atoms with van der Waals surface area (Å²) in [4.78, 5) is 0. The van der Waals surface area contributed by atoms with Crippen molar-refractivity contribution in [1.82, 2.24) is 4.72 Å². The second kappa shape index (κ2) is 4.21. The van der Waals surface area contributed by atoms with E-state index in [4.69, 9.17) is 0 Å². The van der Waals surface area contributed by atoms with Gasteiger partial charge in [-0.25, -0.2) is 13.1 Å². The molecule has 13 heavy (non-hydrogen) atoms. The molecule has 1 aromatic heterocycles. The fourth-order valence-electron chi connectivity index (χ4n) is 0.823. The molecular weight excluding hydrogens is 206 g/mol. The van der Waals surface area contributed by atoms with Crippen LogP contribution in [0.5, 0.6) is 0 Å². The highest BCUT2D eigenvalue weighted by atomic mass is 32.2. The van der Waals surface area contributed by atoms with Crippen LogP contribution in [-0.4, -0.2) is 14.5 Å². The fourth-order valence-corrected chi connectivity index (χ4v) is 3.16. The van der Waals surface area contributed by atoms with Gasteiger partial charge in [0.1, 0.15) is 4.21 Å². The van der Waals surface area contributed by atoms with E-state index in [-0.39, 0.29) is 6.04 Å². The van der Waals surface area contributed by atoms with Crippen LogP contribution in [-0.2, 0) is 10.0 Å². The van der Waals surface area contributed by atoms with Crippen LogP contribution in [0, 0.1) is 0 Å². The highest BCUT2D eigenvalue weighted by molar-refractivity contribution is 7.91. The Morgan fingerprint density at radius 2 is 2.31 bits per heavy atom. The molecule has 0 saturated heterocycles. The number of nitrogens with one attached hydrogen (secondary N) is 1. The molecule has 0 aliphatic carbocycles. The van der Waals surface area contributed by atoms with Crippen molar-refractivity contribution in [2.75, 3.05) is 0 Å². The normalized spacial score (nSPS) is 14.3. The summed E-state index contributed by atoms with van der Waals surface area (Å²) in [6, 6.07) is 3.33. The van der Waals surface area contributed by atoms with Crippen LogP contribution in [0.2, 0.25) is 0 Å². The second-order valence-corrected chi connectivity index (χ2v) is 5.75. The van der Waals surface area contributed by atoms with Gasteiger partial charge in [0.2, 0.25) is 10.0 Å². The number of sulfonamides is 1. The van der Waals surface area contributed by atoms with E-state index >= 15 is 0 Å². The molecule has 0 aliphatic heterocycles. The third kappa shape index (κ3) is 2.79. The molecule has 1 heterocycles. The zero-order valence-electron chi connectivity index (χ0n) is 7.65. The molecule has 5 heteroatoms. The summed E-state index contributed by atoms with van der Waals surface area (Å²) in [6.07, 6.45) is 0.796. The lowest BCUT2D eigenvalue weighted by Crippen LogP contribution is -2.31. The van der Waals surface area contributed by atoms with Gasteiger partial charge in [-0.2, -0.15) is 0 Å². The highest BCUT2D eigenvalue weighted by Crippen LogP contribution is 2.15. The SMILES string of the molecule is CCC(C)NS(=O)(=O)c1cccs1. The third-order valence-corrected chi connectivity index (χ3v) is 4.72. The summed E-state index contributed by atoms with van der Waals surface area (Å²) in [6.45, 7) is 3.80. The van der Waals surface area contributed by atoms with Gasteiger partial charge in [-0.1, -0.05) is 13.0 Å². The maximum absolute atomic E-state index is 11.6. The van der Waals surface area contributed by atoms with Crippen molar-refractivity contribution >= 4 is 21.4 Å².